The summed E-state index contributed by atoms with van der Waals surface area (Å²) in [4.78, 5) is 2.48. The summed E-state index contributed by atoms with van der Waals surface area (Å²) in [6, 6.07) is 47.2. The molecule has 0 radical (unpaired) electrons. The second-order valence-electron chi connectivity index (χ2n) is 12.6. The monoisotopic (exact) mass is 527 g/mol. The van der Waals surface area contributed by atoms with Gasteiger partial charge in [-0.1, -0.05) is 113 Å². The average molecular weight is 528 g/mol. The number of nitrogens with zero attached hydrogens (tertiary/aromatic N) is 1. The van der Waals surface area contributed by atoms with Crippen LogP contribution in [0, 0.1) is 0 Å². The molecule has 0 aromatic heterocycles. The van der Waals surface area contributed by atoms with E-state index in [1.807, 2.05) is 0 Å². The van der Waals surface area contributed by atoms with E-state index < -0.39 is 0 Å². The highest BCUT2D eigenvalue weighted by Gasteiger charge is 2.40. The van der Waals surface area contributed by atoms with Gasteiger partial charge in [-0.2, -0.15) is 0 Å². The van der Waals surface area contributed by atoms with Crippen LogP contribution in [-0.2, 0) is 10.8 Å². The highest BCUT2D eigenvalue weighted by atomic mass is 15.1. The summed E-state index contributed by atoms with van der Waals surface area (Å²) in [5, 5.41) is 2.59. The molecule has 6 aromatic carbocycles. The first-order valence-electron chi connectivity index (χ1n) is 14.6. The van der Waals surface area contributed by atoms with Gasteiger partial charge in [0.1, 0.15) is 0 Å². The molecule has 0 aliphatic heterocycles. The molecule has 2 aliphatic rings. The molecule has 0 N–H and O–H groups in total. The number of rotatable bonds is 3. The molecule has 0 atom stereocenters. The van der Waals surface area contributed by atoms with Crippen LogP contribution in [0.25, 0.3) is 33.0 Å². The average Bonchev–Trinajstić information content (AvgIpc) is 3.36. The second-order valence-corrected chi connectivity index (χ2v) is 12.6. The minimum absolute atomic E-state index is 0.0570. The lowest BCUT2D eigenvalue weighted by Gasteiger charge is -2.33. The Kier molecular flexibility index (Phi) is 4.98. The van der Waals surface area contributed by atoms with Gasteiger partial charge in [0.15, 0.2) is 0 Å². The quantitative estimate of drug-likeness (QED) is 0.221. The van der Waals surface area contributed by atoms with Crippen LogP contribution in [-0.4, -0.2) is 0 Å². The van der Waals surface area contributed by atoms with E-state index in [1.54, 1.807) is 0 Å². The van der Waals surface area contributed by atoms with Gasteiger partial charge in [-0.15, -0.1) is 0 Å². The molecule has 0 unspecified atom stereocenters. The van der Waals surface area contributed by atoms with Crippen molar-refractivity contribution in [1.82, 2.24) is 0 Å². The Morgan fingerprint density at radius 2 is 1.05 bits per heavy atom. The minimum Gasteiger partial charge on any atom is -0.310 e. The number of hydrogen-bond acceptors (Lipinski definition) is 1. The van der Waals surface area contributed by atoms with E-state index in [4.69, 9.17) is 0 Å². The van der Waals surface area contributed by atoms with Crippen molar-refractivity contribution in [3.05, 3.63) is 150 Å². The molecule has 1 heteroatoms. The summed E-state index contributed by atoms with van der Waals surface area (Å²) < 4.78 is 0. The lowest BCUT2D eigenvalue weighted by molar-refractivity contribution is 0.659. The van der Waals surface area contributed by atoms with Crippen molar-refractivity contribution in [3.63, 3.8) is 0 Å². The van der Waals surface area contributed by atoms with Crippen LogP contribution in [0.2, 0.25) is 0 Å². The smallest absolute Gasteiger partial charge is 0.0508 e. The molecule has 0 spiro atoms. The van der Waals surface area contributed by atoms with Crippen LogP contribution in [0.3, 0.4) is 0 Å². The predicted octanol–water partition coefficient (Wildman–Crippen LogP) is 10.9. The van der Waals surface area contributed by atoms with Crippen LogP contribution < -0.4 is 4.90 Å². The standard InChI is InChI=1S/C40H33N/c1-39(2)34-19-11-10-17-30(34)31-22-21-29(25-36(31)39)41(28-15-6-5-7-16-28)37-20-12-18-32-33-23-26-13-8-9-14-27(26)24-35(33)40(3,4)38(32)37/h5-25H,1-4H3. The van der Waals surface area contributed by atoms with Gasteiger partial charge in [0.2, 0.25) is 0 Å². The van der Waals surface area contributed by atoms with Crippen LogP contribution in [0.5, 0.6) is 0 Å². The summed E-state index contributed by atoms with van der Waals surface area (Å²) in [5.41, 5.74) is 14.4. The van der Waals surface area contributed by atoms with Crippen LogP contribution in [0.4, 0.5) is 17.1 Å². The molecule has 0 saturated heterocycles. The second kappa shape index (κ2) is 8.44. The number of benzene rings is 6. The van der Waals surface area contributed by atoms with E-state index >= 15 is 0 Å². The third-order valence-electron chi connectivity index (χ3n) is 9.60. The van der Waals surface area contributed by atoms with E-state index in [1.165, 1.54) is 72.3 Å². The van der Waals surface area contributed by atoms with E-state index in [2.05, 4.69) is 160 Å². The Morgan fingerprint density at radius 3 is 1.85 bits per heavy atom. The fourth-order valence-electron chi connectivity index (χ4n) is 7.56. The van der Waals surface area contributed by atoms with Crippen molar-refractivity contribution >= 4 is 27.8 Å². The minimum atomic E-state index is -0.148. The molecule has 0 saturated carbocycles. The van der Waals surface area contributed by atoms with Crippen molar-refractivity contribution < 1.29 is 0 Å². The van der Waals surface area contributed by atoms with Crippen molar-refractivity contribution in [3.8, 4) is 22.3 Å². The van der Waals surface area contributed by atoms with Crippen molar-refractivity contribution in [1.29, 1.82) is 0 Å². The Morgan fingerprint density at radius 1 is 0.415 bits per heavy atom. The molecular formula is C40H33N. The maximum absolute atomic E-state index is 2.48. The maximum Gasteiger partial charge on any atom is 0.0508 e. The van der Waals surface area contributed by atoms with Crippen LogP contribution in [0.1, 0.15) is 49.9 Å². The summed E-state index contributed by atoms with van der Waals surface area (Å²) in [6.07, 6.45) is 0. The van der Waals surface area contributed by atoms with Gasteiger partial charge in [0.25, 0.3) is 0 Å². The molecule has 1 nitrogen and oxygen atoms in total. The van der Waals surface area contributed by atoms with E-state index in [0.29, 0.717) is 0 Å². The van der Waals surface area contributed by atoms with Crippen molar-refractivity contribution in [2.24, 2.45) is 0 Å². The largest absolute Gasteiger partial charge is 0.310 e. The summed E-state index contributed by atoms with van der Waals surface area (Å²) in [6.45, 7) is 9.50. The molecule has 0 fully saturated rings. The SMILES string of the molecule is CC1(C)c2ccccc2-c2ccc(N(c3ccccc3)c3cccc4c3C(C)(C)c3cc5ccccc5cc3-4)cc21. The fourth-order valence-corrected chi connectivity index (χ4v) is 7.56. The first kappa shape index (κ1) is 24.2. The highest BCUT2D eigenvalue weighted by molar-refractivity contribution is 5.97. The van der Waals surface area contributed by atoms with Gasteiger partial charge in [0.05, 0.1) is 5.69 Å². The van der Waals surface area contributed by atoms with Gasteiger partial charge in [-0.3, -0.25) is 0 Å². The third-order valence-corrected chi connectivity index (χ3v) is 9.60. The van der Waals surface area contributed by atoms with Crippen molar-refractivity contribution in [2.75, 3.05) is 4.90 Å². The Bertz CT molecular complexity index is 1990. The molecule has 2 aliphatic carbocycles. The highest BCUT2D eigenvalue weighted by Crippen LogP contribution is 2.56. The van der Waals surface area contributed by atoms with Crippen LogP contribution in [0.15, 0.2) is 127 Å². The van der Waals surface area contributed by atoms with Gasteiger partial charge >= 0.3 is 0 Å². The lowest BCUT2D eigenvalue weighted by Crippen LogP contribution is -2.21. The van der Waals surface area contributed by atoms with Gasteiger partial charge in [0, 0.05) is 22.2 Å². The fraction of sp³-hybridized carbons (Fsp3) is 0.150. The third kappa shape index (κ3) is 3.36. The van der Waals surface area contributed by atoms with E-state index in [0.717, 1.165) is 0 Å². The molecule has 8 rings (SSSR count). The first-order chi connectivity index (χ1) is 19.9. The molecule has 0 heterocycles. The van der Waals surface area contributed by atoms with Crippen molar-refractivity contribution in [2.45, 2.75) is 38.5 Å². The summed E-state index contributed by atoms with van der Waals surface area (Å²) >= 11 is 0. The molecular weight excluding hydrogens is 494 g/mol. The van der Waals surface area contributed by atoms with Crippen LogP contribution >= 0.6 is 0 Å². The molecule has 198 valence electrons. The Labute approximate surface area is 242 Å². The Balaban J connectivity index is 1.37. The Hall–Kier alpha value is -4.62. The zero-order chi connectivity index (χ0) is 27.9. The molecule has 0 amide bonds. The lowest BCUT2D eigenvalue weighted by atomic mass is 9.80. The number of hydrogen-bond donors (Lipinski definition) is 0. The zero-order valence-electron chi connectivity index (χ0n) is 24.1. The van der Waals surface area contributed by atoms with E-state index in [-0.39, 0.29) is 10.8 Å². The number of fused-ring (bicyclic) bond motifs is 7. The molecule has 6 aromatic rings. The zero-order valence-corrected chi connectivity index (χ0v) is 24.1. The molecule has 0 bridgehead atoms. The topological polar surface area (TPSA) is 3.24 Å². The predicted molar refractivity (Wildman–Crippen MR) is 174 cm³/mol. The normalized spacial score (nSPS) is 15.2. The van der Waals surface area contributed by atoms with Gasteiger partial charge in [-0.25, -0.2) is 0 Å². The van der Waals surface area contributed by atoms with E-state index in [9.17, 15) is 0 Å². The number of anilines is 3. The van der Waals surface area contributed by atoms with Gasteiger partial charge in [-0.05, 0) is 97.7 Å². The maximum atomic E-state index is 2.48. The number of para-hydroxylation sites is 1. The molecule has 41 heavy (non-hydrogen) atoms. The van der Waals surface area contributed by atoms with Gasteiger partial charge < -0.3 is 4.90 Å². The summed E-state index contributed by atoms with van der Waals surface area (Å²) in [7, 11) is 0. The first-order valence-corrected chi connectivity index (χ1v) is 14.6. The summed E-state index contributed by atoms with van der Waals surface area (Å²) in [5.74, 6) is 0.